The molecule has 5 atom stereocenters. The summed E-state index contributed by atoms with van der Waals surface area (Å²) in [6.45, 7) is 5.98. The van der Waals surface area contributed by atoms with Crippen molar-refractivity contribution in [1.82, 2.24) is 25.2 Å². The number of fused-ring (bicyclic) bond motifs is 3. The predicted octanol–water partition coefficient (Wildman–Crippen LogP) is 2.90. The van der Waals surface area contributed by atoms with Gasteiger partial charge in [-0.15, -0.1) is 6.58 Å². The van der Waals surface area contributed by atoms with E-state index in [1.54, 1.807) is 11.8 Å². The molecule has 0 radical (unpaired) electrons. The van der Waals surface area contributed by atoms with Crippen molar-refractivity contribution in [3.05, 3.63) is 53.6 Å². The molecule has 1 saturated heterocycles. The molecular weight excluding hydrogens is 662 g/mol. The highest BCUT2D eigenvalue weighted by Gasteiger charge is 2.47. The van der Waals surface area contributed by atoms with Crippen LogP contribution in [0.2, 0.25) is 0 Å². The molecule has 0 spiro atoms. The maximum absolute atomic E-state index is 14.4. The summed E-state index contributed by atoms with van der Waals surface area (Å²) < 4.78 is 33.2. The largest absolute Gasteiger partial charge is 0.444 e. The molecule has 0 aromatic heterocycles. The van der Waals surface area contributed by atoms with Crippen molar-refractivity contribution in [2.75, 3.05) is 6.54 Å². The first-order chi connectivity index (χ1) is 23.9. The number of carbonyl (C=O) groups excluding carboxylic acids is 5. The van der Waals surface area contributed by atoms with Crippen LogP contribution >= 0.6 is 0 Å². The molecule has 3 N–H and O–H groups in total. The lowest BCUT2D eigenvalue weighted by molar-refractivity contribution is -0.143. The summed E-state index contributed by atoms with van der Waals surface area (Å²) in [5.41, 5.74) is 3.02. The number of rotatable bonds is 8. The van der Waals surface area contributed by atoms with E-state index < -0.39 is 69.2 Å². The van der Waals surface area contributed by atoms with Gasteiger partial charge in [0.25, 0.3) is 5.91 Å². The first-order valence-electron chi connectivity index (χ1n) is 17.8. The Balaban J connectivity index is 1.27. The van der Waals surface area contributed by atoms with Gasteiger partial charge in [0.05, 0.1) is 18.3 Å². The van der Waals surface area contributed by atoms with Crippen molar-refractivity contribution in [3.63, 3.8) is 0 Å². The van der Waals surface area contributed by atoms with Crippen LogP contribution in [0.4, 0.5) is 4.79 Å². The Morgan fingerprint density at radius 1 is 1.08 bits per heavy atom. The third-order valence-electron chi connectivity index (χ3n) is 10.6. The van der Waals surface area contributed by atoms with Crippen molar-refractivity contribution >= 4 is 45.8 Å². The number of nitrogens with zero attached hydrogens (tertiary/aromatic N) is 2. The molecule has 5 amide bonds. The zero-order chi connectivity index (χ0) is 35.6. The minimum Gasteiger partial charge on any atom is -0.444 e. The Labute approximate surface area is 293 Å². The molecule has 14 heteroatoms. The highest BCUT2D eigenvalue weighted by Crippen LogP contribution is 2.33. The van der Waals surface area contributed by atoms with Crippen LogP contribution in [0, 0.1) is 11.8 Å². The van der Waals surface area contributed by atoms with Crippen molar-refractivity contribution in [2.24, 2.45) is 11.8 Å². The van der Waals surface area contributed by atoms with E-state index >= 15 is 0 Å². The lowest BCUT2D eigenvalue weighted by atomic mass is 9.95. The summed E-state index contributed by atoms with van der Waals surface area (Å²) in [4.78, 5) is 71.5. The average Bonchev–Trinajstić information content (AvgIpc) is 3.45. The third-order valence-corrected chi connectivity index (χ3v) is 12.4. The standard InChI is InChI=1S/C36H47N5O8S/c1-3-22(2)31(34(44)39-50(47,48)27-16-17-27)38-33(43)29-18-26-20-41(29)35(45)32(24-11-7-8-12-24)37-30(42)15-6-4-5-10-23-13-9-14-25-19-40(21-28(23)25)36(46)49-26/h3,5,9-10,13-14,22,24,26-27,29,31-32H,1,4,6-8,11-12,15-21H2,2H3,(H,37,42)(H,38,43)(H,39,44)/b10-5+/t22-,26+,29-,31?,32-/m0/s1. The highest BCUT2D eigenvalue weighted by molar-refractivity contribution is 7.90. The van der Waals surface area contributed by atoms with Crippen LogP contribution in [-0.4, -0.2) is 84.0 Å². The van der Waals surface area contributed by atoms with Gasteiger partial charge in [0, 0.05) is 25.3 Å². The van der Waals surface area contributed by atoms with Gasteiger partial charge in [-0.25, -0.2) is 13.2 Å². The molecule has 270 valence electrons. The van der Waals surface area contributed by atoms with Crippen LogP contribution in [0.25, 0.3) is 6.08 Å². The molecule has 13 nitrogen and oxygen atoms in total. The van der Waals surface area contributed by atoms with Gasteiger partial charge in [-0.1, -0.05) is 56.2 Å². The van der Waals surface area contributed by atoms with Gasteiger partial charge < -0.3 is 20.3 Å². The monoisotopic (exact) mass is 709 g/mol. The van der Waals surface area contributed by atoms with Gasteiger partial charge in [0.15, 0.2) is 0 Å². The molecule has 5 aliphatic rings. The van der Waals surface area contributed by atoms with Gasteiger partial charge >= 0.3 is 6.09 Å². The lowest BCUT2D eigenvalue weighted by Crippen LogP contribution is -2.58. The van der Waals surface area contributed by atoms with Crippen molar-refractivity contribution in [1.29, 1.82) is 0 Å². The van der Waals surface area contributed by atoms with E-state index in [1.807, 2.05) is 30.4 Å². The van der Waals surface area contributed by atoms with Gasteiger partial charge in [-0.3, -0.25) is 28.8 Å². The molecule has 2 saturated carbocycles. The van der Waals surface area contributed by atoms with Crippen LogP contribution in [0.5, 0.6) is 0 Å². The smallest absolute Gasteiger partial charge is 0.410 e. The first-order valence-corrected chi connectivity index (χ1v) is 19.3. The number of nitrogens with one attached hydrogen (secondary N) is 3. The second-order valence-corrected chi connectivity index (χ2v) is 16.2. The zero-order valence-electron chi connectivity index (χ0n) is 28.5. The van der Waals surface area contributed by atoms with E-state index in [0.717, 1.165) is 42.4 Å². The maximum Gasteiger partial charge on any atom is 0.410 e. The number of ether oxygens (including phenoxy) is 1. The predicted molar refractivity (Wildman–Crippen MR) is 184 cm³/mol. The van der Waals surface area contributed by atoms with Crippen LogP contribution in [0.15, 0.2) is 36.9 Å². The Morgan fingerprint density at radius 2 is 1.84 bits per heavy atom. The fourth-order valence-electron chi connectivity index (χ4n) is 7.50. The average molecular weight is 710 g/mol. The second kappa shape index (κ2) is 15.0. The Hall–Kier alpha value is -4.20. The number of carbonyl (C=O) groups is 5. The highest BCUT2D eigenvalue weighted by atomic mass is 32.2. The fourth-order valence-corrected chi connectivity index (χ4v) is 8.83. The van der Waals surface area contributed by atoms with Crippen molar-refractivity contribution in [3.8, 4) is 0 Å². The molecule has 3 aliphatic heterocycles. The third kappa shape index (κ3) is 7.90. The van der Waals surface area contributed by atoms with Crippen LogP contribution in [0.3, 0.4) is 0 Å². The number of sulfonamides is 1. The lowest BCUT2D eigenvalue weighted by Gasteiger charge is -2.32. The topological polar surface area (TPSA) is 171 Å². The molecule has 6 rings (SSSR count). The summed E-state index contributed by atoms with van der Waals surface area (Å²) in [7, 11) is -3.90. The fraction of sp³-hybridized carbons (Fsp3) is 0.583. The molecule has 4 bridgehead atoms. The number of hydrogen-bond donors (Lipinski definition) is 3. The summed E-state index contributed by atoms with van der Waals surface area (Å²) in [5.74, 6) is -3.07. The van der Waals surface area contributed by atoms with Crippen molar-refractivity contribution < 1.29 is 37.1 Å². The SMILES string of the molecule is C=C[C@H](C)C(NC(=O)[C@@H]1C[C@@H]2CN1C(=O)[C@H](C1CCCC1)NC(=O)CCC/C=C/c1cccc3c1CN(C3)C(=O)O2)C(=O)NS(=O)(=O)C1CC1. The van der Waals surface area contributed by atoms with Gasteiger partial charge in [0.1, 0.15) is 24.2 Å². The summed E-state index contributed by atoms with van der Waals surface area (Å²) in [6.07, 6.45) is 9.70. The van der Waals surface area contributed by atoms with E-state index in [0.29, 0.717) is 38.8 Å². The molecule has 1 aromatic rings. The number of hydrogen-bond acceptors (Lipinski definition) is 8. The van der Waals surface area contributed by atoms with Gasteiger partial charge in [-0.05, 0) is 61.1 Å². The van der Waals surface area contributed by atoms with Crippen LogP contribution < -0.4 is 15.4 Å². The molecule has 1 unspecified atom stereocenters. The Kier molecular flexibility index (Phi) is 10.7. The van der Waals surface area contributed by atoms with Crippen LogP contribution in [0.1, 0.15) is 87.8 Å². The van der Waals surface area contributed by atoms with E-state index in [2.05, 4.69) is 21.9 Å². The summed E-state index contributed by atoms with van der Waals surface area (Å²) in [6, 6.07) is 2.59. The maximum atomic E-state index is 14.4. The molecular formula is C36H47N5O8S. The van der Waals surface area contributed by atoms with Gasteiger partial charge in [-0.2, -0.15) is 0 Å². The van der Waals surface area contributed by atoms with E-state index in [-0.39, 0.29) is 31.2 Å². The molecule has 3 heterocycles. The first kappa shape index (κ1) is 35.6. The Morgan fingerprint density at radius 3 is 2.56 bits per heavy atom. The minimum absolute atomic E-state index is 0.0411. The van der Waals surface area contributed by atoms with Crippen LogP contribution in [-0.2, 0) is 47.0 Å². The van der Waals surface area contributed by atoms with E-state index in [4.69, 9.17) is 4.74 Å². The number of allylic oxidation sites excluding steroid dienone is 1. The quantitative estimate of drug-likeness (QED) is 0.346. The number of benzene rings is 1. The zero-order valence-corrected chi connectivity index (χ0v) is 29.3. The number of amides is 5. The summed E-state index contributed by atoms with van der Waals surface area (Å²) >= 11 is 0. The molecule has 2 aliphatic carbocycles. The second-order valence-electron chi connectivity index (χ2n) is 14.3. The van der Waals surface area contributed by atoms with E-state index in [9.17, 15) is 32.4 Å². The molecule has 3 fully saturated rings. The van der Waals surface area contributed by atoms with E-state index in [1.165, 1.54) is 11.0 Å². The normalized spacial score (nSPS) is 26.7. The summed E-state index contributed by atoms with van der Waals surface area (Å²) in [5, 5.41) is 5.01. The molecule has 50 heavy (non-hydrogen) atoms. The minimum atomic E-state index is -3.90. The molecule has 1 aromatic carbocycles. The Bertz CT molecular complexity index is 1670. The van der Waals surface area contributed by atoms with Crippen molar-refractivity contribution in [2.45, 2.75) is 114 Å². The van der Waals surface area contributed by atoms with Gasteiger partial charge in [0.2, 0.25) is 27.7 Å².